The number of hydrogen-bond acceptors (Lipinski definition) is 2. The number of nitrogens with one attached hydrogen (secondary N) is 1. The Morgan fingerprint density at radius 2 is 2.29 bits per heavy atom. The van der Waals surface area contributed by atoms with E-state index < -0.39 is 5.97 Å². The molecule has 0 saturated carbocycles. The summed E-state index contributed by atoms with van der Waals surface area (Å²) in [5.41, 5.74) is 2.78. The minimum atomic E-state index is -0.822. The van der Waals surface area contributed by atoms with Crippen LogP contribution in [0.25, 0.3) is 0 Å². The van der Waals surface area contributed by atoms with Crippen LogP contribution in [0.5, 0.6) is 0 Å². The van der Waals surface area contributed by atoms with Crippen LogP contribution in [0.1, 0.15) is 36.3 Å². The Balaban J connectivity index is 2.40. The number of carboxylic acids is 1. The van der Waals surface area contributed by atoms with Crippen molar-refractivity contribution in [2.24, 2.45) is 0 Å². The van der Waals surface area contributed by atoms with E-state index in [1.54, 1.807) is 0 Å². The molecule has 0 fully saturated rings. The van der Waals surface area contributed by atoms with Crippen molar-refractivity contribution in [1.82, 2.24) is 0 Å². The highest BCUT2D eigenvalue weighted by atomic mass is 16.4. The van der Waals surface area contributed by atoms with Crippen LogP contribution >= 0.6 is 0 Å². The van der Waals surface area contributed by atoms with Crippen molar-refractivity contribution in [1.29, 1.82) is 0 Å². The molecular formula is C13H15NO3. The summed E-state index contributed by atoms with van der Waals surface area (Å²) in [6.45, 7) is 1.96. The van der Waals surface area contributed by atoms with E-state index >= 15 is 0 Å². The highest BCUT2D eigenvalue weighted by molar-refractivity contribution is 5.92. The summed E-state index contributed by atoms with van der Waals surface area (Å²) in [6, 6.07) is 5.74. The highest BCUT2D eigenvalue weighted by Crippen LogP contribution is 2.34. The molecule has 2 rings (SSSR count). The van der Waals surface area contributed by atoms with Gasteiger partial charge in [0.1, 0.15) is 0 Å². The van der Waals surface area contributed by atoms with Crippen molar-refractivity contribution < 1.29 is 14.7 Å². The molecule has 4 heteroatoms. The number of benzene rings is 1. The molecule has 1 heterocycles. The zero-order valence-electron chi connectivity index (χ0n) is 9.69. The van der Waals surface area contributed by atoms with E-state index in [1.165, 1.54) is 0 Å². The molecule has 1 unspecified atom stereocenters. The number of aliphatic carboxylic acids is 1. The second kappa shape index (κ2) is 4.57. The molecule has 1 aliphatic rings. The van der Waals surface area contributed by atoms with Crippen LogP contribution in [-0.2, 0) is 9.59 Å². The lowest BCUT2D eigenvalue weighted by atomic mass is 9.90. The van der Waals surface area contributed by atoms with E-state index in [0.29, 0.717) is 12.8 Å². The quantitative estimate of drug-likeness (QED) is 0.823. The first kappa shape index (κ1) is 11.6. The molecule has 2 N–H and O–H groups in total. The fourth-order valence-electron chi connectivity index (χ4n) is 2.23. The SMILES string of the molecule is Cc1ccc2c(c1)C(CC(=O)O)CCC(=O)N2. The number of hydrogen-bond donors (Lipinski definition) is 2. The molecular weight excluding hydrogens is 218 g/mol. The van der Waals surface area contributed by atoms with Gasteiger partial charge >= 0.3 is 5.97 Å². The number of rotatable bonds is 2. The molecule has 0 saturated heterocycles. The lowest BCUT2D eigenvalue weighted by Crippen LogP contribution is -2.09. The monoisotopic (exact) mass is 233 g/mol. The number of carboxylic acid groups (broad SMARTS) is 1. The molecule has 0 aromatic heterocycles. The van der Waals surface area contributed by atoms with Crippen LogP contribution in [-0.4, -0.2) is 17.0 Å². The van der Waals surface area contributed by atoms with Crippen molar-refractivity contribution in [2.45, 2.75) is 32.1 Å². The predicted octanol–water partition coefficient (Wildman–Crippen LogP) is 2.29. The van der Waals surface area contributed by atoms with Gasteiger partial charge in [-0.15, -0.1) is 0 Å². The topological polar surface area (TPSA) is 66.4 Å². The van der Waals surface area contributed by atoms with Gasteiger partial charge in [0.25, 0.3) is 0 Å². The third kappa shape index (κ3) is 2.64. The number of amides is 1. The fourth-order valence-corrected chi connectivity index (χ4v) is 2.23. The minimum absolute atomic E-state index is 0.0389. The Morgan fingerprint density at radius 3 is 3.00 bits per heavy atom. The molecule has 0 spiro atoms. The number of fused-ring (bicyclic) bond motifs is 1. The summed E-state index contributed by atoms with van der Waals surface area (Å²) in [7, 11) is 0. The van der Waals surface area contributed by atoms with E-state index in [0.717, 1.165) is 16.8 Å². The zero-order valence-corrected chi connectivity index (χ0v) is 9.69. The van der Waals surface area contributed by atoms with Crippen molar-refractivity contribution in [3.8, 4) is 0 Å². The van der Waals surface area contributed by atoms with E-state index in [-0.39, 0.29) is 18.2 Å². The molecule has 1 aromatic carbocycles. The first-order valence-electron chi connectivity index (χ1n) is 5.68. The highest BCUT2D eigenvalue weighted by Gasteiger charge is 2.23. The van der Waals surface area contributed by atoms with Crippen LogP contribution in [0, 0.1) is 6.92 Å². The molecule has 0 radical (unpaired) electrons. The van der Waals surface area contributed by atoms with Gasteiger partial charge in [-0.1, -0.05) is 17.7 Å². The van der Waals surface area contributed by atoms with Gasteiger partial charge in [-0.2, -0.15) is 0 Å². The summed E-state index contributed by atoms with van der Waals surface area (Å²) >= 11 is 0. The Morgan fingerprint density at radius 1 is 1.53 bits per heavy atom. The van der Waals surface area contributed by atoms with Gasteiger partial charge in [0.15, 0.2) is 0 Å². The zero-order chi connectivity index (χ0) is 12.4. The molecule has 0 bridgehead atoms. The van der Waals surface area contributed by atoms with Crippen molar-refractivity contribution in [2.75, 3.05) is 5.32 Å². The summed E-state index contributed by atoms with van der Waals surface area (Å²) < 4.78 is 0. The molecule has 0 aliphatic carbocycles. The van der Waals surface area contributed by atoms with Gasteiger partial charge in [-0.3, -0.25) is 9.59 Å². The maximum Gasteiger partial charge on any atom is 0.303 e. The molecule has 1 atom stereocenters. The van der Waals surface area contributed by atoms with Crippen molar-refractivity contribution in [3.05, 3.63) is 29.3 Å². The van der Waals surface area contributed by atoms with Gasteiger partial charge in [-0.05, 0) is 30.9 Å². The Bertz CT molecular complexity index is 468. The van der Waals surface area contributed by atoms with E-state index in [9.17, 15) is 9.59 Å². The Kier molecular flexibility index (Phi) is 3.13. The van der Waals surface area contributed by atoms with E-state index in [1.807, 2.05) is 25.1 Å². The predicted molar refractivity (Wildman–Crippen MR) is 64.0 cm³/mol. The smallest absolute Gasteiger partial charge is 0.303 e. The Labute approximate surface area is 99.6 Å². The summed E-state index contributed by atoms with van der Waals surface area (Å²) in [4.78, 5) is 22.4. The molecule has 90 valence electrons. The fraction of sp³-hybridized carbons (Fsp3) is 0.385. The molecule has 1 aromatic rings. The van der Waals surface area contributed by atoms with Crippen molar-refractivity contribution in [3.63, 3.8) is 0 Å². The largest absolute Gasteiger partial charge is 0.481 e. The second-order valence-corrected chi connectivity index (χ2v) is 4.47. The maximum absolute atomic E-state index is 11.5. The summed E-state index contributed by atoms with van der Waals surface area (Å²) in [5.74, 6) is -0.943. The van der Waals surface area contributed by atoms with Gasteiger partial charge in [0.2, 0.25) is 5.91 Å². The van der Waals surface area contributed by atoms with Gasteiger partial charge in [0.05, 0.1) is 6.42 Å². The third-order valence-corrected chi connectivity index (χ3v) is 3.06. The van der Waals surface area contributed by atoms with E-state index in [4.69, 9.17) is 5.11 Å². The molecule has 4 nitrogen and oxygen atoms in total. The van der Waals surface area contributed by atoms with Crippen LogP contribution < -0.4 is 5.32 Å². The standard InChI is InChI=1S/C13H15NO3/c1-8-2-4-11-10(6-8)9(7-13(16)17)3-5-12(15)14-11/h2,4,6,9H,3,5,7H2,1H3,(H,14,15)(H,16,17). The molecule has 1 aliphatic heterocycles. The lowest BCUT2D eigenvalue weighted by Gasteiger charge is -2.15. The van der Waals surface area contributed by atoms with Crippen molar-refractivity contribution >= 4 is 17.6 Å². The first-order chi connectivity index (χ1) is 8.06. The van der Waals surface area contributed by atoms with Crippen LogP contribution in [0.15, 0.2) is 18.2 Å². The summed E-state index contributed by atoms with van der Waals surface area (Å²) in [5, 5.41) is 11.7. The summed E-state index contributed by atoms with van der Waals surface area (Å²) in [6.07, 6.45) is 1.05. The second-order valence-electron chi connectivity index (χ2n) is 4.47. The van der Waals surface area contributed by atoms with E-state index in [2.05, 4.69) is 5.32 Å². The van der Waals surface area contributed by atoms with Gasteiger partial charge < -0.3 is 10.4 Å². The molecule has 17 heavy (non-hydrogen) atoms. The average Bonchev–Trinajstić information content (AvgIpc) is 2.39. The van der Waals surface area contributed by atoms with Gasteiger partial charge in [0, 0.05) is 12.1 Å². The first-order valence-corrected chi connectivity index (χ1v) is 5.68. The maximum atomic E-state index is 11.5. The van der Waals surface area contributed by atoms with Crippen LogP contribution in [0.4, 0.5) is 5.69 Å². The van der Waals surface area contributed by atoms with Crippen LogP contribution in [0.2, 0.25) is 0 Å². The Hall–Kier alpha value is -1.84. The van der Waals surface area contributed by atoms with Crippen LogP contribution in [0.3, 0.4) is 0 Å². The average molecular weight is 233 g/mol. The van der Waals surface area contributed by atoms with Gasteiger partial charge in [-0.25, -0.2) is 0 Å². The number of carbonyl (C=O) groups is 2. The molecule has 1 amide bonds. The minimum Gasteiger partial charge on any atom is -0.481 e. The number of anilines is 1. The normalized spacial score (nSPS) is 19.1. The number of aryl methyl sites for hydroxylation is 1. The lowest BCUT2D eigenvalue weighted by molar-refractivity contribution is -0.137. The third-order valence-electron chi connectivity index (χ3n) is 3.06. The number of carbonyl (C=O) groups excluding carboxylic acids is 1.